The fraction of sp³-hybridized carbons (Fsp3) is 0.556. The Bertz CT molecular complexity index is 202. The van der Waals surface area contributed by atoms with Gasteiger partial charge < -0.3 is 16.4 Å². The topological polar surface area (TPSA) is 50.1 Å². The minimum atomic E-state index is -0.0274. The second-order valence-corrected chi connectivity index (χ2v) is 3.06. The van der Waals surface area contributed by atoms with Crippen molar-refractivity contribution in [2.24, 2.45) is 5.73 Å². The first kappa shape index (κ1) is 9.29. The van der Waals surface area contributed by atoms with Crippen molar-refractivity contribution >= 4 is 0 Å². The summed E-state index contributed by atoms with van der Waals surface area (Å²) in [6, 6.07) is 0. The molecule has 12 heavy (non-hydrogen) atoms. The smallest absolute Gasteiger partial charge is 0.0525 e. The molecule has 0 aromatic rings. The van der Waals surface area contributed by atoms with Crippen molar-refractivity contribution in [2.75, 3.05) is 20.6 Å². The number of hydrogen-bond acceptors (Lipinski definition) is 3. The number of rotatable bonds is 3. The van der Waals surface area contributed by atoms with E-state index in [0.29, 0.717) is 6.54 Å². The van der Waals surface area contributed by atoms with Gasteiger partial charge in [-0.15, -0.1) is 0 Å². The maximum Gasteiger partial charge on any atom is 0.0525 e. The molecule has 0 fully saturated rings. The van der Waals surface area contributed by atoms with Gasteiger partial charge in [0.1, 0.15) is 0 Å². The van der Waals surface area contributed by atoms with Gasteiger partial charge in [0.25, 0.3) is 0 Å². The van der Waals surface area contributed by atoms with Crippen LogP contribution in [0.4, 0.5) is 0 Å². The van der Waals surface area contributed by atoms with Crippen molar-refractivity contribution in [3.63, 3.8) is 0 Å². The first-order valence-corrected chi connectivity index (χ1v) is 4.22. The number of allylic oxidation sites excluding steroid dienone is 1. The van der Waals surface area contributed by atoms with Gasteiger partial charge in [-0.2, -0.15) is 0 Å². The zero-order chi connectivity index (χ0) is 9.03. The van der Waals surface area contributed by atoms with Crippen LogP contribution in [-0.2, 0) is 0 Å². The predicted octanol–water partition coefficient (Wildman–Crippen LogP) is -0.0335. The van der Waals surface area contributed by atoms with Crippen molar-refractivity contribution in [1.29, 1.82) is 0 Å². The maximum atomic E-state index is 5.67. The van der Waals surface area contributed by atoms with Crippen LogP contribution in [0.1, 0.15) is 6.42 Å². The summed E-state index contributed by atoms with van der Waals surface area (Å²) in [6.45, 7) is 0.632. The highest BCUT2D eigenvalue weighted by molar-refractivity contribution is 5.28. The molecule has 0 bridgehead atoms. The van der Waals surface area contributed by atoms with Gasteiger partial charge in [0, 0.05) is 19.3 Å². The van der Waals surface area contributed by atoms with E-state index >= 15 is 0 Å². The van der Waals surface area contributed by atoms with Crippen LogP contribution in [-0.4, -0.2) is 26.2 Å². The fourth-order valence-electron chi connectivity index (χ4n) is 1.30. The lowest BCUT2D eigenvalue weighted by Gasteiger charge is -2.30. The standard InChI is InChI=1S/C9H17N3/c1-11-8-3-5-9(7-10,12-2)6-4-8/h3-5,11-12H,6-7,10H2,1-2H3. The van der Waals surface area contributed by atoms with Crippen molar-refractivity contribution in [3.8, 4) is 0 Å². The third-order valence-electron chi connectivity index (χ3n) is 2.42. The summed E-state index contributed by atoms with van der Waals surface area (Å²) in [4.78, 5) is 0. The maximum absolute atomic E-state index is 5.67. The van der Waals surface area contributed by atoms with E-state index in [1.54, 1.807) is 0 Å². The monoisotopic (exact) mass is 167 g/mol. The van der Waals surface area contributed by atoms with E-state index in [-0.39, 0.29) is 5.54 Å². The van der Waals surface area contributed by atoms with Crippen LogP contribution in [0.3, 0.4) is 0 Å². The highest BCUT2D eigenvalue weighted by Crippen LogP contribution is 2.17. The summed E-state index contributed by atoms with van der Waals surface area (Å²) in [5.74, 6) is 0. The molecule has 0 aliphatic heterocycles. The average molecular weight is 167 g/mol. The van der Waals surface area contributed by atoms with Gasteiger partial charge in [-0.25, -0.2) is 0 Å². The number of hydrogen-bond donors (Lipinski definition) is 3. The van der Waals surface area contributed by atoms with Gasteiger partial charge in [-0.3, -0.25) is 0 Å². The van der Waals surface area contributed by atoms with Gasteiger partial charge in [-0.1, -0.05) is 12.2 Å². The molecule has 3 nitrogen and oxygen atoms in total. The first-order valence-electron chi connectivity index (χ1n) is 4.22. The zero-order valence-electron chi connectivity index (χ0n) is 7.72. The lowest BCUT2D eigenvalue weighted by molar-refractivity contribution is 0.445. The summed E-state index contributed by atoms with van der Waals surface area (Å²) >= 11 is 0. The molecule has 1 atom stereocenters. The van der Waals surface area contributed by atoms with E-state index in [4.69, 9.17) is 5.73 Å². The van der Waals surface area contributed by atoms with Gasteiger partial charge in [0.2, 0.25) is 0 Å². The molecule has 4 N–H and O–H groups in total. The molecule has 0 saturated carbocycles. The zero-order valence-corrected chi connectivity index (χ0v) is 7.72. The van der Waals surface area contributed by atoms with Crippen LogP contribution >= 0.6 is 0 Å². The summed E-state index contributed by atoms with van der Waals surface area (Å²) in [5, 5.41) is 6.32. The molecule has 0 heterocycles. The van der Waals surface area contributed by atoms with Crippen LogP contribution in [0.15, 0.2) is 23.9 Å². The summed E-state index contributed by atoms with van der Waals surface area (Å²) < 4.78 is 0. The van der Waals surface area contributed by atoms with Crippen LogP contribution in [0, 0.1) is 0 Å². The highest BCUT2D eigenvalue weighted by atomic mass is 15.0. The molecular formula is C9H17N3. The van der Waals surface area contributed by atoms with Gasteiger partial charge in [0.15, 0.2) is 0 Å². The Morgan fingerprint density at radius 3 is 2.67 bits per heavy atom. The Morgan fingerprint density at radius 1 is 1.58 bits per heavy atom. The normalized spacial score (nSPS) is 28.4. The molecule has 1 aliphatic carbocycles. The van der Waals surface area contributed by atoms with Crippen molar-refractivity contribution in [1.82, 2.24) is 10.6 Å². The van der Waals surface area contributed by atoms with Crippen molar-refractivity contribution in [2.45, 2.75) is 12.0 Å². The van der Waals surface area contributed by atoms with Crippen LogP contribution in [0.25, 0.3) is 0 Å². The summed E-state index contributed by atoms with van der Waals surface area (Å²) in [5.41, 5.74) is 6.81. The molecule has 0 aromatic carbocycles. The largest absolute Gasteiger partial charge is 0.388 e. The Morgan fingerprint density at radius 2 is 2.33 bits per heavy atom. The molecule has 0 spiro atoms. The second kappa shape index (κ2) is 3.74. The molecule has 1 aliphatic rings. The van der Waals surface area contributed by atoms with E-state index in [2.05, 4.69) is 28.9 Å². The van der Waals surface area contributed by atoms with Crippen LogP contribution in [0.2, 0.25) is 0 Å². The molecule has 0 saturated heterocycles. The van der Waals surface area contributed by atoms with E-state index in [1.807, 2.05) is 14.1 Å². The third kappa shape index (κ3) is 1.68. The Kier molecular flexibility index (Phi) is 2.89. The summed E-state index contributed by atoms with van der Waals surface area (Å²) in [6.07, 6.45) is 7.29. The molecule has 0 radical (unpaired) electrons. The summed E-state index contributed by atoms with van der Waals surface area (Å²) in [7, 11) is 3.86. The van der Waals surface area contributed by atoms with Crippen LogP contribution in [0.5, 0.6) is 0 Å². The van der Waals surface area contributed by atoms with E-state index < -0.39 is 0 Å². The fourth-order valence-corrected chi connectivity index (χ4v) is 1.30. The lowest BCUT2D eigenvalue weighted by Crippen LogP contribution is -2.48. The predicted molar refractivity (Wildman–Crippen MR) is 51.7 cm³/mol. The molecule has 1 rings (SSSR count). The molecule has 68 valence electrons. The van der Waals surface area contributed by atoms with Gasteiger partial charge in [0.05, 0.1) is 5.54 Å². The third-order valence-corrected chi connectivity index (χ3v) is 2.42. The van der Waals surface area contributed by atoms with Crippen LogP contribution < -0.4 is 16.4 Å². The molecule has 0 amide bonds. The van der Waals surface area contributed by atoms with E-state index in [1.165, 1.54) is 0 Å². The lowest BCUT2D eigenvalue weighted by atomic mass is 9.90. The molecular weight excluding hydrogens is 150 g/mol. The minimum absolute atomic E-state index is 0.0274. The Labute approximate surface area is 73.7 Å². The average Bonchev–Trinajstić information content (AvgIpc) is 2.18. The second-order valence-electron chi connectivity index (χ2n) is 3.06. The first-order chi connectivity index (χ1) is 5.76. The minimum Gasteiger partial charge on any atom is -0.388 e. The van der Waals surface area contributed by atoms with E-state index in [0.717, 1.165) is 12.1 Å². The Hall–Kier alpha value is -0.800. The number of likely N-dealkylation sites (N-methyl/N-ethyl adjacent to an activating group) is 2. The highest BCUT2D eigenvalue weighted by Gasteiger charge is 2.23. The SMILES string of the molecule is CNC1=CCC(CN)(NC)C=C1. The molecule has 3 heteroatoms. The Balaban J connectivity index is 2.67. The number of nitrogens with one attached hydrogen (secondary N) is 2. The van der Waals surface area contributed by atoms with Crippen molar-refractivity contribution in [3.05, 3.63) is 23.9 Å². The van der Waals surface area contributed by atoms with E-state index in [9.17, 15) is 0 Å². The molecule has 1 unspecified atom stereocenters. The quantitative estimate of drug-likeness (QED) is 0.553. The van der Waals surface area contributed by atoms with Gasteiger partial charge in [-0.05, 0) is 19.5 Å². The molecule has 0 aromatic heterocycles. The van der Waals surface area contributed by atoms with Crippen molar-refractivity contribution < 1.29 is 0 Å². The van der Waals surface area contributed by atoms with Gasteiger partial charge >= 0.3 is 0 Å². The number of nitrogens with two attached hydrogens (primary N) is 1.